The standard InChI is InChI=1S/C34H34N6O4.ClH/c1-21-16-24(6-8-25(21)20-38-12-14-39(15-13-38)28-9-7-23(18-35)17-22(28)2)19-36-27-5-3-4-26-31(27)34(44)40(33(26)43)29-10-11-30(41)37-32(29)42;/h3-9,16-17,29,36H,10-15,19-20H2,1-2H3,(H,37,41,42);1H. The van der Waals surface area contributed by atoms with Crippen LogP contribution in [0, 0.1) is 25.2 Å². The molecule has 3 aliphatic heterocycles. The average molecular weight is 627 g/mol. The van der Waals surface area contributed by atoms with Crippen LogP contribution < -0.4 is 15.5 Å². The number of amides is 4. The second kappa shape index (κ2) is 13.1. The molecular weight excluding hydrogens is 592 g/mol. The number of carbonyl (C=O) groups excluding carboxylic acids is 4. The Morgan fingerprint density at radius 2 is 1.71 bits per heavy atom. The molecule has 1 atom stereocenters. The van der Waals surface area contributed by atoms with E-state index in [2.05, 4.69) is 58.5 Å². The highest BCUT2D eigenvalue weighted by Gasteiger charge is 2.45. The molecule has 11 heteroatoms. The number of nitrogens with one attached hydrogen (secondary N) is 2. The number of halogens is 1. The van der Waals surface area contributed by atoms with Gasteiger partial charge in [-0.2, -0.15) is 5.26 Å². The molecule has 1 unspecified atom stereocenters. The molecule has 4 amide bonds. The summed E-state index contributed by atoms with van der Waals surface area (Å²) in [4.78, 5) is 56.3. The largest absolute Gasteiger partial charge is 0.380 e. The third-order valence-corrected chi connectivity index (χ3v) is 8.79. The Morgan fingerprint density at radius 3 is 2.40 bits per heavy atom. The van der Waals surface area contributed by atoms with Gasteiger partial charge in [0.2, 0.25) is 11.8 Å². The number of hydrogen-bond acceptors (Lipinski definition) is 8. The summed E-state index contributed by atoms with van der Waals surface area (Å²) in [5.41, 5.74) is 7.54. The summed E-state index contributed by atoms with van der Waals surface area (Å²) >= 11 is 0. The summed E-state index contributed by atoms with van der Waals surface area (Å²) in [6, 6.07) is 18.5. The lowest BCUT2D eigenvalue weighted by atomic mass is 10.0. The van der Waals surface area contributed by atoms with Crippen molar-refractivity contribution < 1.29 is 19.2 Å². The highest BCUT2D eigenvalue weighted by molar-refractivity contribution is 6.25. The zero-order valence-electron chi connectivity index (χ0n) is 25.3. The van der Waals surface area contributed by atoms with Gasteiger partial charge in [0.05, 0.1) is 22.8 Å². The lowest BCUT2D eigenvalue weighted by molar-refractivity contribution is -0.136. The van der Waals surface area contributed by atoms with Crippen LogP contribution in [0.2, 0.25) is 0 Å². The van der Waals surface area contributed by atoms with Gasteiger partial charge in [0, 0.05) is 57.1 Å². The SMILES string of the molecule is Cc1cc(CNc2cccc3c2C(=O)N(C2CCC(=O)NC2=O)C3=O)ccc1CN1CCN(c2ccc(C#N)cc2C)CC1.Cl. The van der Waals surface area contributed by atoms with Crippen molar-refractivity contribution in [2.75, 3.05) is 36.4 Å². The van der Waals surface area contributed by atoms with Crippen molar-refractivity contribution in [2.45, 2.75) is 45.8 Å². The number of carbonyl (C=O) groups is 4. The van der Waals surface area contributed by atoms with Gasteiger partial charge in [-0.15, -0.1) is 12.4 Å². The van der Waals surface area contributed by atoms with E-state index < -0.39 is 29.7 Å². The lowest BCUT2D eigenvalue weighted by Gasteiger charge is -2.37. The molecule has 45 heavy (non-hydrogen) atoms. The second-order valence-corrected chi connectivity index (χ2v) is 11.7. The normalized spacial score (nSPS) is 18.3. The first-order chi connectivity index (χ1) is 21.2. The zero-order chi connectivity index (χ0) is 31.0. The summed E-state index contributed by atoms with van der Waals surface area (Å²) in [6.45, 7) is 9.23. The predicted octanol–water partition coefficient (Wildman–Crippen LogP) is 3.93. The number of rotatable bonds is 7. The molecule has 0 aliphatic carbocycles. The Labute approximate surface area is 268 Å². The van der Waals surface area contributed by atoms with E-state index in [1.54, 1.807) is 18.2 Å². The quantitative estimate of drug-likeness (QED) is 0.378. The summed E-state index contributed by atoms with van der Waals surface area (Å²) in [5.74, 6) is -2.06. The van der Waals surface area contributed by atoms with Crippen LogP contribution in [0.25, 0.3) is 0 Å². The average Bonchev–Trinajstić information content (AvgIpc) is 3.27. The number of imide groups is 2. The van der Waals surface area contributed by atoms with Gasteiger partial charge in [0.15, 0.2) is 0 Å². The fourth-order valence-electron chi connectivity index (χ4n) is 6.37. The predicted molar refractivity (Wildman–Crippen MR) is 172 cm³/mol. The van der Waals surface area contributed by atoms with Gasteiger partial charge in [-0.3, -0.25) is 34.3 Å². The number of piperazine rings is 1. The molecule has 10 nitrogen and oxygen atoms in total. The zero-order valence-corrected chi connectivity index (χ0v) is 26.1. The van der Waals surface area contributed by atoms with Crippen molar-refractivity contribution in [2.24, 2.45) is 0 Å². The first kappa shape index (κ1) is 31.7. The van der Waals surface area contributed by atoms with Crippen molar-refractivity contribution in [3.63, 3.8) is 0 Å². The molecule has 232 valence electrons. The van der Waals surface area contributed by atoms with Crippen LogP contribution in [0.15, 0.2) is 54.6 Å². The van der Waals surface area contributed by atoms with Crippen LogP contribution in [-0.4, -0.2) is 65.6 Å². The van der Waals surface area contributed by atoms with Crippen LogP contribution in [0.1, 0.15) is 61.4 Å². The maximum atomic E-state index is 13.4. The molecule has 0 aromatic heterocycles. The summed E-state index contributed by atoms with van der Waals surface area (Å²) in [6.07, 6.45) is 0.204. The van der Waals surface area contributed by atoms with Crippen LogP contribution in [0.3, 0.4) is 0 Å². The summed E-state index contributed by atoms with van der Waals surface area (Å²) in [5, 5.41) is 14.7. The number of benzene rings is 3. The van der Waals surface area contributed by atoms with E-state index in [-0.39, 0.29) is 36.4 Å². The number of hydrogen-bond donors (Lipinski definition) is 2. The van der Waals surface area contributed by atoms with Crippen molar-refractivity contribution in [1.82, 2.24) is 15.1 Å². The van der Waals surface area contributed by atoms with Crippen LogP contribution in [0.5, 0.6) is 0 Å². The lowest BCUT2D eigenvalue weighted by Crippen LogP contribution is -2.54. The molecule has 0 bridgehead atoms. The van der Waals surface area contributed by atoms with E-state index >= 15 is 0 Å². The number of nitriles is 1. The smallest absolute Gasteiger partial charge is 0.264 e. The molecule has 3 heterocycles. The minimum atomic E-state index is -0.994. The van der Waals surface area contributed by atoms with Gasteiger partial charge in [0.25, 0.3) is 11.8 Å². The fraction of sp³-hybridized carbons (Fsp3) is 0.324. The Morgan fingerprint density at radius 1 is 0.933 bits per heavy atom. The van der Waals surface area contributed by atoms with E-state index in [0.29, 0.717) is 17.8 Å². The fourth-order valence-corrected chi connectivity index (χ4v) is 6.37. The third-order valence-electron chi connectivity index (χ3n) is 8.79. The maximum Gasteiger partial charge on any atom is 0.264 e. The van der Waals surface area contributed by atoms with Gasteiger partial charge < -0.3 is 10.2 Å². The van der Waals surface area contributed by atoms with Gasteiger partial charge >= 0.3 is 0 Å². The summed E-state index contributed by atoms with van der Waals surface area (Å²) < 4.78 is 0. The van der Waals surface area contributed by atoms with E-state index in [4.69, 9.17) is 5.26 Å². The van der Waals surface area contributed by atoms with Gasteiger partial charge in [-0.05, 0) is 72.9 Å². The Hall–Kier alpha value is -4.72. The molecule has 0 radical (unpaired) electrons. The van der Waals surface area contributed by atoms with Crippen molar-refractivity contribution in [3.8, 4) is 6.07 Å². The first-order valence-electron chi connectivity index (χ1n) is 14.9. The Bertz CT molecular complexity index is 1730. The van der Waals surface area contributed by atoms with Gasteiger partial charge in [-0.25, -0.2) is 0 Å². The minimum absolute atomic E-state index is 0. The number of piperidine rings is 1. The number of nitrogens with zero attached hydrogens (tertiary/aromatic N) is 4. The van der Waals surface area contributed by atoms with E-state index in [1.165, 1.54) is 16.8 Å². The molecule has 6 rings (SSSR count). The number of anilines is 2. The van der Waals surface area contributed by atoms with E-state index in [9.17, 15) is 19.2 Å². The molecule has 3 aromatic rings. The molecule has 0 saturated carbocycles. The van der Waals surface area contributed by atoms with Crippen molar-refractivity contribution in [3.05, 3.63) is 93.5 Å². The van der Waals surface area contributed by atoms with E-state index in [0.717, 1.165) is 48.8 Å². The highest BCUT2D eigenvalue weighted by Crippen LogP contribution is 2.33. The Balaban J connectivity index is 0.00000400. The molecule has 2 N–H and O–H groups in total. The molecule has 2 fully saturated rings. The topological polar surface area (TPSA) is 126 Å². The first-order valence-corrected chi connectivity index (χ1v) is 14.9. The Kier molecular flexibility index (Phi) is 9.23. The second-order valence-electron chi connectivity index (χ2n) is 11.7. The molecule has 3 aliphatic rings. The van der Waals surface area contributed by atoms with Crippen molar-refractivity contribution in [1.29, 1.82) is 5.26 Å². The highest BCUT2D eigenvalue weighted by atomic mass is 35.5. The van der Waals surface area contributed by atoms with E-state index in [1.807, 2.05) is 18.2 Å². The van der Waals surface area contributed by atoms with Gasteiger partial charge in [-0.1, -0.05) is 24.3 Å². The van der Waals surface area contributed by atoms with Crippen LogP contribution in [-0.2, 0) is 22.7 Å². The number of fused-ring (bicyclic) bond motifs is 1. The van der Waals surface area contributed by atoms with Crippen molar-refractivity contribution >= 4 is 47.4 Å². The van der Waals surface area contributed by atoms with Crippen LogP contribution in [0.4, 0.5) is 11.4 Å². The minimum Gasteiger partial charge on any atom is -0.380 e. The molecular formula is C34H35ClN6O4. The maximum absolute atomic E-state index is 13.4. The van der Waals surface area contributed by atoms with Crippen LogP contribution >= 0.6 is 12.4 Å². The monoisotopic (exact) mass is 626 g/mol. The molecule has 2 saturated heterocycles. The van der Waals surface area contributed by atoms with Gasteiger partial charge in [0.1, 0.15) is 6.04 Å². The molecule has 3 aromatic carbocycles. The molecule has 0 spiro atoms. The summed E-state index contributed by atoms with van der Waals surface area (Å²) in [7, 11) is 0. The number of aryl methyl sites for hydroxylation is 2. The third kappa shape index (κ3) is 6.27.